The number of hydrogen-bond acceptors (Lipinski definition) is 2. The number of carbonyl (C=O) groups is 1. The number of nitrogens with zero attached hydrogens (tertiary/aromatic N) is 1. The van der Waals surface area contributed by atoms with Gasteiger partial charge in [0.25, 0.3) is 5.91 Å². The standard InChI is InChI=1S/C14H14N2O/c1-9-2-4-10(5-3-9)8-12-14(17)16-13(15-12)11-6-7-11/h2-5,8,11H,6-7H2,1H3,(H,15,16,17)/b12-8+. The third-order valence-corrected chi connectivity index (χ3v) is 3.06. The summed E-state index contributed by atoms with van der Waals surface area (Å²) in [6.45, 7) is 2.04. The van der Waals surface area contributed by atoms with Crippen LogP contribution in [0.3, 0.4) is 0 Å². The number of aryl methyl sites for hydroxylation is 1. The first-order chi connectivity index (χ1) is 8.22. The third kappa shape index (κ3) is 2.13. The van der Waals surface area contributed by atoms with E-state index in [0.717, 1.165) is 24.2 Å². The number of hydrogen-bond donors (Lipinski definition) is 1. The van der Waals surface area contributed by atoms with Crippen LogP contribution in [0.2, 0.25) is 0 Å². The van der Waals surface area contributed by atoms with Crippen molar-refractivity contribution in [3.63, 3.8) is 0 Å². The van der Waals surface area contributed by atoms with Gasteiger partial charge >= 0.3 is 0 Å². The van der Waals surface area contributed by atoms with Gasteiger partial charge in [-0.1, -0.05) is 29.8 Å². The molecule has 0 unspecified atom stereocenters. The van der Waals surface area contributed by atoms with Crippen LogP contribution in [0.15, 0.2) is 35.0 Å². The second-order valence-corrected chi connectivity index (χ2v) is 4.67. The molecule has 0 atom stereocenters. The van der Waals surface area contributed by atoms with Gasteiger partial charge in [-0.25, -0.2) is 4.99 Å². The minimum atomic E-state index is -0.0764. The lowest BCUT2D eigenvalue weighted by atomic mass is 10.1. The summed E-state index contributed by atoms with van der Waals surface area (Å²) in [7, 11) is 0. The second-order valence-electron chi connectivity index (χ2n) is 4.67. The van der Waals surface area contributed by atoms with E-state index in [0.29, 0.717) is 11.6 Å². The van der Waals surface area contributed by atoms with Gasteiger partial charge in [-0.15, -0.1) is 0 Å². The molecule has 0 bridgehead atoms. The van der Waals surface area contributed by atoms with E-state index in [1.54, 1.807) is 0 Å². The molecule has 1 aliphatic heterocycles. The summed E-state index contributed by atoms with van der Waals surface area (Å²) >= 11 is 0. The van der Waals surface area contributed by atoms with Gasteiger partial charge in [-0.3, -0.25) is 4.79 Å². The van der Waals surface area contributed by atoms with Crippen molar-refractivity contribution in [1.29, 1.82) is 0 Å². The number of rotatable bonds is 2. The van der Waals surface area contributed by atoms with Crippen LogP contribution in [0, 0.1) is 12.8 Å². The zero-order valence-corrected chi connectivity index (χ0v) is 9.73. The Morgan fingerprint density at radius 1 is 1.29 bits per heavy atom. The van der Waals surface area contributed by atoms with Crippen LogP contribution in [0.25, 0.3) is 6.08 Å². The van der Waals surface area contributed by atoms with E-state index in [1.165, 1.54) is 5.56 Å². The Hall–Kier alpha value is -1.90. The van der Waals surface area contributed by atoms with Crippen molar-refractivity contribution >= 4 is 17.8 Å². The zero-order chi connectivity index (χ0) is 11.8. The van der Waals surface area contributed by atoms with E-state index in [4.69, 9.17) is 0 Å². The summed E-state index contributed by atoms with van der Waals surface area (Å²) in [6, 6.07) is 8.07. The van der Waals surface area contributed by atoms with Crippen molar-refractivity contribution in [3.8, 4) is 0 Å². The van der Waals surface area contributed by atoms with Gasteiger partial charge in [-0.2, -0.15) is 0 Å². The number of amidine groups is 1. The molecule has 1 aliphatic carbocycles. The van der Waals surface area contributed by atoms with Gasteiger partial charge in [0.1, 0.15) is 11.5 Å². The monoisotopic (exact) mass is 226 g/mol. The molecular weight excluding hydrogens is 212 g/mol. The molecule has 1 aromatic carbocycles. The fourth-order valence-corrected chi connectivity index (χ4v) is 1.86. The maximum atomic E-state index is 11.7. The van der Waals surface area contributed by atoms with Gasteiger partial charge < -0.3 is 5.32 Å². The molecule has 17 heavy (non-hydrogen) atoms. The molecular formula is C14H14N2O. The Balaban J connectivity index is 1.87. The van der Waals surface area contributed by atoms with Crippen molar-refractivity contribution in [2.75, 3.05) is 0 Å². The SMILES string of the molecule is Cc1ccc(/C=C2/N=C(C3CC3)NC2=O)cc1. The minimum absolute atomic E-state index is 0.0764. The van der Waals surface area contributed by atoms with Crippen LogP contribution in [0.5, 0.6) is 0 Å². The highest BCUT2D eigenvalue weighted by Crippen LogP contribution is 2.32. The molecule has 86 valence electrons. The molecule has 1 amide bonds. The van der Waals surface area contributed by atoms with Crippen LogP contribution in [0.1, 0.15) is 24.0 Å². The lowest BCUT2D eigenvalue weighted by Gasteiger charge is -1.95. The summed E-state index contributed by atoms with van der Waals surface area (Å²) in [4.78, 5) is 16.1. The predicted molar refractivity (Wildman–Crippen MR) is 67.5 cm³/mol. The molecule has 0 spiro atoms. The first-order valence-corrected chi connectivity index (χ1v) is 5.91. The molecule has 1 aromatic rings. The van der Waals surface area contributed by atoms with Crippen LogP contribution >= 0.6 is 0 Å². The maximum Gasteiger partial charge on any atom is 0.275 e. The van der Waals surface area contributed by atoms with Crippen molar-refractivity contribution in [3.05, 3.63) is 41.1 Å². The molecule has 3 rings (SSSR count). The molecule has 1 saturated carbocycles. The van der Waals surface area contributed by atoms with Gasteiger partial charge in [0.05, 0.1) is 0 Å². The van der Waals surface area contributed by atoms with E-state index in [9.17, 15) is 4.79 Å². The predicted octanol–water partition coefficient (Wildman–Crippen LogP) is 2.27. The van der Waals surface area contributed by atoms with E-state index < -0.39 is 0 Å². The molecule has 1 fully saturated rings. The van der Waals surface area contributed by atoms with Crippen LogP contribution in [-0.4, -0.2) is 11.7 Å². The van der Waals surface area contributed by atoms with Gasteiger partial charge in [0.15, 0.2) is 0 Å². The highest BCUT2D eigenvalue weighted by Gasteiger charge is 2.33. The molecule has 2 aliphatic rings. The van der Waals surface area contributed by atoms with Crippen molar-refractivity contribution in [2.24, 2.45) is 10.9 Å². The Morgan fingerprint density at radius 2 is 2.00 bits per heavy atom. The fourth-order valence-electron chi connectivity index (χ4n) is 1.86. The Morgan fingerprint density at radius 3 is 2.65 bits per heavy atom. The average Bonchev–Trinajstić information content (AvgIpc) is 3.09. The Bertz CT molecular complexity index is 522. The lowest BCUT2D eigenvalue weighted by molar-refractivity contribution is -0.115. The topological polar surface area (TPSA) is 41.5 Å². The quantitative estimate of drug-likeness (QED) is 0.772. The van der Waals surface area contributed by atoms with Crippen molar-refractivity contribution in [2.45, 2.75) is 19.8 Å². The van der Waals surface area contributed by atoms with Crippen LogP contribution in [-0.2, 0) is 4.79 Å². The van der Waals surface area contributed by atoms with Crippen molar-refractivity contribution in [1.82, 2.24) is 5.32 Å². The number of benzene rings is 1. The number of amides is 1. The molecule has 1 N–H and O–H groups in total. The van der Waals surface area contributed by atoms with Crippen molar-refractivity contribution < 1.29 is 4.79 Å². The fraction of sp³-hybridized carbons (Fsp3) is 0.286. The van der Waals surface area contributed by atoms with Gasteiger partial charge in [0, 0.05) is 5.92 Å². The molecule has 0 aromatic heterocycles. The summed E-state index contributed by atoms with van der Waals surface area (Å²) in [5.41, 5.74) is 2.75. The second kappa shape index (κ2) is 3.84. The van der Waals surface area contributed by atoms with Gasteiger partial charge in [-0.05, 0) is 31.4 Å². The minimum Gasteiger partial charge on any atom is -0.308 e. The normalized spacial score (nSPS) is 21.6. The molecule has 3 nitrogen and oxygen atoms in total. The Labute approximate surface area is 100 Å². The summed E-state index contributed by atoms with van der Waals surface area (Å²) in [6.07, 6.45) is 4.14. The smallest absolute Gasteiger partial charge is 0.275 e. The Kier molecular flexibility index (Phi) is 2.32. The zero-order valence-electron chi connectivity index (χ0n) is 9.73. The summed E-state index contributed by atoms with van der Waals surface area (Å²) in [5, 5.41) is 2.84. The molecule has 0 radical (unpaired) electrons. The largest absolute Gasteiger partial charge is 0.308 e. The van der Waals surface area contributed by atoms with Gasteiger partial charge in [0.2, 0.25) is 0 Å². The van der Waals surface area contributed by atoms with Crippen LogP contribution in [0.4, 0.5) is 0 Å². The maximum absolute atomic E-state index is 11.7. The summed E-state index contributed by atoms with van der Waals surface area (Å²) < 4.78 is 0. The summed E-state index contributed by atoms with van der Waals surface area (Å²) in [5.74, 6) is 1.27. The highest BCUT2D eigenvalue weighted by molar-refractivity contribution is 6.15. The van der Waals surface area contributed by atoms with E-state index in [2.05, 4.69) is 10.3 Å². The number of nitrogens with one attached hydrogen (secondary N) is 1. The van der Waals surface area contributed by atoms with E-state index >= 15 is 0 Å². The third-order valence-electron chi connectivity index (χ3n) is 3.06. The van der Waals surface area contributed by atoms with Crippen LogP contribution < -0.4 is 5.32 Å². The number of aliphatic imine (C=N–C) groups is 1. The molecule has 0 saturated heterocycles. The van der Waals surface area contributed by atoms with E-state index in [1.807, 2.05) is 37.3 Å². The molecule has 1 heterocycles. The lowest BCUT2D eigenvalue weighted by Crippen LogP contribution is -2.25. The average molecular weight is 226 g/mol. The highest BCUT2D eigenvalue weighted by atomic mass is 16.2. The van der Waals surface area contributed by atoms with E-state index in [-0.39, 0.29) is 5.91 Å². The number of carbonyl (C=O) groups excluding carboxylic acids is 1. The molecule has 3 heteroatoms. The first kappa shape index (κ1) is 10.3. The first-order valence-electron chi connectivity index (χ1n) is 5.91.